The first-order chi connectivity index (χ1) is 26.3. The topological polar surface area (TPSA) is 25.8 Å². The average Bonchev–Trinajstić information content (AvgIpc) is 3.63. The molecule has 2 heterocycles. The molecule has 0 N–H and O–H groups in total. The fourth-order valence-electron chi connectivity index (χ4n) is 8.18. The third kappa shape index (κ3) is 4.86. The molecule has 2 aromatic heterocycles. The summed E-state index contributed by atoms with van der Waals surface area (Å²) in [7, 11) is 0. The first-order valence-electron chi connectivity index (χ1n) is 18.0. The van der Waals surface area contributed by atoms with E-state index in [0.717, 1.165) is 44.0 Å². The van der Waals surface area contributed by atoms with E-state index in [1.807, 2.05) is 0 Å². The monoisotopic (exact) mass is 690 g/mol. The van der Waals surface area contributed by atoms with Crippen molar-refractivity contribution in [3.05, 3.63) is 182 Å². The zero-order valence-corrected chi connectivity index (χ0v) is 29.4. The molecule has 0 aliphatic heterocycles. The molecule has 0 radical (unpaired) electrons. The average molecular weight is 691 g/mol. The summed E-state index contributed by atoms with van der Waals surface area (Å²) in [6.07, 6.45) is 0. The lowest BCUT2D eigenvalue weighted by molar-refractivity contribution is 1.24. The molecule has 2 nitrogen and oxygen atoms in total. The van der Waals surface area contributed by atoms with E-state index in [0.29, 0.717) is 0 Å². The highest BCUT2D eigenvalue weighted by Gasteiger charge is 2.19. The van der Waals surface area contributed by atoms with Crippen molar-refractivity contribution in [1.29, 1.82) is 0 Å². The van der Waals surface area contributed by atoms with Crippen molar-refractivity contribution in [2.45, 2.75) is 0 Å². The van der Waals surface area contributed by atoms with Crippen LogP contribution in [0.4, 0.5) is 0 Å². The Hall–Kier alpha value is -6.68. The van der Waals surface area contributed by atoms with Crippen LogP contribution in [-0.4, -0.2) is 9.97 Å². The quantitative estimate of drug-likeness (QED) is 0.172. The number of aromatic nitrogens is 2. The van der Waals surface area contributed by atoms with Crippen LogP contribution in [0.5, 0.6) is 0 Å². The normalized spacial score (nSPS) is 11.8. The SMILES string of the molecule is c1ccc(-c2nc(-c3cccc(-c4cccc(-c5ccc6c7ccccc7c7ccccc7c6c5)c4)c3)nc3sc4ccc5ccccc5c4c23)cc1. The van der Waals surface area contributed by atoms with Crippen LogP contribution >= 0.6 is 11.3 Å². The van der Waals surface area contributed by atoms with Crippen molar-refractivity contribution in [1.82, 2.24) is 9.97 Å². The Balaban J connectivity index is 1.04. The summed E-state index contributed by atoms with van der Waals surface area (Å²) in [5.74, 6) is 0.735. The van der Waals surface area contributed by atoms with E-state index in [1.54, 1.807) is 11.3 Å². The Morgan fingerprint density at radius 1 is 0.321 bits per heavy atom. The Morgan fingerprint density at radius 3 is 1.55 bits per heavy atom. The van der Waals surface area contributed by atoms with Crippen molar-refractivity contribution in [3.63, 3.8) is 0 Å². The standard InChI is InChI=1S/C50H30N2S/c1-2-13-32(14-3-1)48-47-46-38-19-5-4-12-31(38)25-27-45(46)53-50(47)52-49(51-48)37-18-11-17-35(29-37)33-15-10-16-34(28-33)36-24-26-43-41-22-7-6-20-39(41)40-21-8-9-23-42(40)44(43)30-36/h1-30H. The molecule has 11 aromatic rings. The van der Waals surface area contributed by atoms with Crippen LogP contribution < -0.4 is 0 Å². The summed E-state index contributed by atoms with van der Waals surface area (Å²) in [4.78, 5) is 11.6. The number of nitrogens with zero attached hydrogens (tertiary/aromatic N) is 2. The van der Waals surface area contributed by atoms with Crippen molar-refractivity contribution >= 4 is 74.7 Å². The highest BCUT2D eigenvalue weighted by molar-refractivity contribution is 7.25. The second-order valence-corrected chi connectivity index (χ2v) is 14.7. The van der Waals surface area contributed by atoms with Gasteiger partial charge in [0.15, 0.2) is 5.82 Å². The van der Waals surface area contributed by atoms with E-state index in [1.165, 1.54) is 64.3 Å². The summed E-state index contributed by atoms with van der Waals surface area (Å²) in [6, 6.07) is 65.6. The Kier molecular flexibility index (Phi) is 6.76. The molecule has 11 rings (SSSR count). The molecule has 0 aliphatic rings. The maximum atomic E-state index is 5.34. The predicted octanol–water partition coefficient (Wildman–Crippen LogP) is 14.1. The summed E-state index contributed by atoms with van der Waals surface area (Å²) in [6.45, 7) is 0. The van der Waals surface area contributed by atoms with Crippen LogP contribution in [0.3, 0.4) is 0 Å². The van der Waals surface area contributed by atoms with Gasteiger partial charge in [0.1, 0.15) is 4.83 Å². The van der Waals surface area contributed by atoms with Crippen molar-refractivity contribution < 1.29 is 0 Å². The van der Waals surface area contributed by atoms with Gasteiger partial charge in [-0.3, -0.25) is 0 Å². The van der Waals surface area contributed by atoms with Gasteiger partial charge >= 0.3 is 0 Å². The van der Waals surface area contributed by atoms with Gasteiger partial charge in [0.25, 0.3) is 0 Å². The zero-order chi connectivity index (χ0) is 34.9. The highest BCUT2D eigenvalue weighted by Crippen LogP contribution is 2.43. The molecule has 0 bridgehead atoms. The van der Waals surface area contributed by atoms with Gasteiger partial charge in [-0.05, 0) is 89.6 Å². The number of fused-ring (bicyclic) bond motifs is 11. The molecule has 0 fully saturated rings. The second-order valence-electron chi connectivity index (χ2n) is 13.7. The maximum Gasteiger partial charge on any atom is 0.161 e. The molecule has 9 aromatic carbocycles. The lowest BCUT2D eigenvalue weighted by Crippen LogP contribution is -1.94. The van der Waals surface area contributed by atoms with Gasteiger partial charge in [-0.1, -0.05) is 158 Å². The molecule has 53 heavy (non-hydrogen) atoms. The van der Waals surface area contributed by atoms with Crippen LogP contribution in [0, 0.1) is 0 Å². The van der Waals surface area contributed by atoms with Crippen LogP contribution in [0.1, 0.15) is 0 Å². The van der Waals surface area contributed by atoms with E-state index in [-0.39, 0.29) is 0 Å². The fourth-order valence-corrected chi connectivity index (χ4v) is 9.27. The van der Waals surface area contributed by atoms with Gasteiger partial charge in [-0.2, -0.15) is 0 Å². The minimum Gasteiger partial charge on any atom is -0.227 e. The first-order valence-corrected chi connectivity index (χ1v) is 18.8. The fraction of sp³-hybridized carbons (Fsp3) is 0. The summed E-state index contributed by atoms with van der Waals surface area (Å²) in [5.41, 5.74) is 7.74. The molecule has 0 saturated heterocycles. The summed E-state index contributed by atoms with van der Waals surface area (Å²) >= 11 is 1.74. The highest BCUT2D eigenvalue weighted by atomic mass is 32.1. The second kappa shape index (κ2) is 11.9. The Labute approximate surface area is 310 Å². The van der Waals surface area contributed by atoms with E-state index in [2.05, 4.69) is 182 Å². The molecular weight excluding hydrogens is 661 g/mol. The first kappa shape index (κ1) is 30.0. The van der Waals surface area contributed by atoms with Crippen molar-refractivity contribution in [3.8, 4) is 44.9 Å². The number of thiophene rings is 1. The van der Waals surface area contributed by atoms with Gasteiger partial charge in [-0.25, -0.2) is 9.97 Å². The van der Waals surface area contributed by atoms with Crippen LogP contribution in [0.15, 0.2) is 182 Å². The third-order valence-corrected chi connectivity index (χ3v) is 11.7. The van der Waals surface area contributed by atoms with Gasteiger partial charge in [0.2, 0.25) is 0 Å². The lowest BCUT2D eigenvalue weighted by Gasteiger charge is -2.13. The van der Waals surface area contributed by atoms with Crippen LogP contribution in [-0.2, 0) is 0 Å². The third-order valence-electron chi connectivity index (χ3n) is 10.7. The molecule has 0 spiro atoms. The number of hydrogen-bond donors (Lipinski definition) is 0. The molecule has 0 aliphatic carbocycles. The van der Waals surface area contributed by atoms with Crippen LogP contribution in [0.2, 0.25) is 0 Å². The smallest absolute Gasteiger partial charge is 0.161 e. The number of rotatable bonds is 4. The minimum atomic E-state index is 0.735. The van der Waals surface area contributed by atoms with E-state index in [9.17, 15) is 0 Å². The molecule has 0 amide bonds. The van der Waals surface area contributed by atoms with Gasteiger partial charge in [0, 0.05) is 26.6 Å². The Bertz CT molecular complexity index is 3200. The predicted molar refractivity (Wildman–Crippen MR) is 227 cm³/mol. The van der Waals surface area contributed by atoms with E-state index in [4.69, 9.17) is 9.97 Å². The minimum absolute atomic E-state index is 0.735. The van der Waals surface area contributed by atoms with E-state index < -0.39 is 0 Å². The molecule has 0 atom stereocenters. The zero-order valence-electron chi connectivity index (χ0n) is 28.6. The molecule has 0 saturated carbocycles. The molecular formula is C50H30N2S. The molecule has 0 unspecified atom stereocenters. The molecule has 246 valence electrons. The largest absolute Gasteiger partial charge is 0.227 e. The van der Waals surface area contributed by atoms with Crippen LogP contribution in [0.25, 0.3) is 108 Å². The lowest BCUT2D eigenvalue weighted by atomic mass is 9.91. The van der Waals surface area contributed by atoms with Gasteiger partial charge < -0.3 is 0 Å². The van der Waals surface area contributed by atoms with E-state index >= 15 is 0 Å². The van der Waals surface area contributed by atoms with Crippen molar-refractivity contribution in [2.24, 2.45) is 0 Å². The van der Waals surface area contributed by atoms with Gasteiger partial charge in [0.05, 0.1) is 5.69 Å². The number of hydrogen-bond acceptors (Lipinski definition) is 3. The summed E-state index contributed by atoms with van der Waals surface area (Å²) in [5, 5.41) is 12.5. The van der Waals surface area contributed by atoms with Crippen molar-refractivity contribution in [2.75, 3.05) is 0 Å². The maximum absolute atomic E-state index is 5.34. The van der Waals surface area contributed by atoms with Gasteiger partial charge in [-0.15, -0.1) is 11.3 Å². The number of benzene rings is 9. The summed E-state index contributed by atoms with van der Waals surface area (Å²) < 4.78 is 1.22. The Morgan fingerprint density at radius 2 is 0.849 bits per heavy atom. The molecule has 3 heteroatoms.